The van der Waals surface area contributed by atoms with Crippen molar-refractivity contribution in [2.45, 2.75) is 69.7 Å². The monoisotopic (exact) mass is 490 g/mol. The molecule has 9 heteroatoms. The van der Waals surface area contributed by atoms with Crippen molar-refractivity contribution in [3.05, 3.63) is 45.8 Å². The number of aryl methyl sites for hydroxylation is 2. The lowest BCUT2D eigenvalue weighted by molar-refractivity contribution is -0.120. The van der Waals surface area contributed by atoms with E-state index in [2.05, 4.69) is 5.32 Å². The number of amides is 1. The van der Waals surface area contributed by atoms with Gasteiger partial charge in [0, 0.05) is 11.4 Å². The summed E-state index contributed by atoms with van der Waals surface area (Å²) in [6.07, 6.45) is 5.62. The van der Waals surface area contributed by atoms with E-state index >= 15 is 0 Å². The van der Waals surface area contributed by atoms with Gasteiger partial charge in [-0.25, -0.2) is 13.2 Å². The van der Waals surface area contributed by atoms with Gasteiger partial charge in [0.15, 0.2) is 0 Å². The molecule has 7 nitrogen and oxygen atoms in total. The van der Waals surface area contributed by atoms with Gasteiger partial charge in [0.1, 0.15) is 11.0 Å². The lowest BCUT2D eigenvalue weighted by Crippen LogP contribution is -2.49. The maximum absolute atomic E-state index is 13.4. The number of hydrogen-bond acceptors (Lipinski definition) is 6. The lowest BCUT2D eigenvalue weighted by Gasteiger charge is -2.33. The van der Waals surface area contributed by atoms with Crippen molar-refractivity contribution >= 4 is 38.2 Å². The standard InChI is InChI=1S/C24H30N2O5S2/c1-3-31-24(28)21-18-8-4-5-10-20(18)32-23(21)25-22(27)19-9-6-7-15-26(19)33(29,30)17-13-11-16(2)12-14-17/h11-14,19H,3-10,15H2,1-2H3,(H,25,27)/t19-/m1/s1. The molecule has 1 atom stereocenters. The summed E-state index contributed by atoms with van der Waals surface area (Å²) >= 11 is 1.41. The molecule has 178 valence electrons. The number of nitrogens with one attached hydrogen (secondary N) is 1. The number of rotatable bonds is 6. The van der Waals surface area contributed by atoms with Gasteiger partial charge in [-0.1, -0.05) is 24.1 Å². The number of thiophene rings is 1. The summed E-state index contributed by atoms with van der Waals surface area (Å²) < 4.78 is 33.3. The zero-order valence-corrected chi connectivity index (χ0v) is 20.7. The van der Waals surface area contributed by atoms with Crippen molar-refractivity contribution in [1.82, 2.24) is 4.31 Å². The molecule has 2 aromatic rings. The first-order chi connectivity index (χ1) is 15.8. The zero-order valence-electron chi connectivity index (χ0n) is 19.1. The van der Waals surface area contributed by atoms with Crippen molar-refractivity contribution < 1.29 is 22.7 Å². The Hall–Kier alpha value is -2.23. The van der Waals surface area contributed by atoms with E-state index in [0.717, 1.165) is 48.1 Å². The quantitative estimate of drug-likeness (QED) is 0.610. The number of piperidine rings is 1. The van der Waals surface area contributed by atoms with E-state index in [-0.39, 0.29) is 11.5 Å². The van der Waals surface area contributed by atoms with Crippen LogP contribution in [0, 0.1) is 6.92 Å². The summed E-state index contributed by atoms with van der Waals surface area (Å²) in [5, 5.41) is 3.39. The van der Waals surface area contributed by atoms with Gasteiger partial charge >= 0.3 is 5.97 Å². The second-order valence-electron chi connectivity index (χ2n) is 8.57. The second kappa shape index (κ2) is 9.95. The number of ether oxygens (including phenoxy) is 1. The molecule has 1 aliphatic heterocycles. The summed E-state index contributed by atoms with van der Waals surface area (Å²) in [5.41, 5.74) is 2.37. The Kier molecular flexibility index (Phi) is 7.21. The number of anilines is 1. The Balaban J connectivity index is 1.63. The molecule has 1 N–H and O–H groups in total. The van der Waals surface area contributed by atoms with Crippen molar-refractivity contribution in [3.8, 4) is 0 Å². The summed E-state index contributed by atoms with van der Waals surface area (Å²) in [7, 11) is -3.82. The predicted molar refractivity (Wildman–Crippen MR) is 128 cm³/mol. The molecule has 1 saturated heterocycles. The van der Waals surface area contributed by atoms with Gasteiger partial charge in [-0.15, -0.1) is 11.3 Å². The van der Waals surface area contributed by atoms with E-state index < -0.39 is 27.9 Å². The van der Waals surface area contributed by atoms with E-state index in [0.29, 0.717) is 30.0 Å². The number of hydrogen-bond donors (Lipinski definition) is 1. The van der Waals surface area contributed by atoms with Crippen LogP contribution in [0.2, 0.25) is 0 Å². The Morgan fingerprint density at radius 2 is 1.85 bits per heavy atom. The molecule has 4 rings (SSSR count). The molecule has 1 aliphatic carbocycles. The van der Waals surface area contributed by atoms with Crippen LogP contribution in [0.3, 0.4) is 0 Å². The Labute approximate surface area is 199 Å². The first-order valence-electron chi connectivity index (χ1n) is 11.5. The molecule has 0 unspecified atom stereocenters. The number of carbonyl (C=O) groups is 2. The van der Waals surface area contributed by atoms with Gasteiger partial charge in [-0.2, -0.15) is 4.31 Å². The van der Waals surface area contributed by atoms with Crippen LogP contribution in [0.5, 0.6) is 0 Å². The normalized spacial score (nSPS) is 19.0. The Bertz CT molecular complexity index is 1140. The van der Waals surface area contributed by atoms with Gasteiger partial charge in [0.05, 0.1) is 17.1 Å². The van der Waals surface area contributed by atoms with Crippen LogP contribution in [0.4, 0.5) is 5.00 Å². The third kappa shape index (κ3) is 4.85. The van der Waals surface area contributed by atoms with Gasteiger partial charge in [-0.05, 0) is 70.1 Å². The highest BCUT2D eigenvalue weighted by molar-refractivity contribution is 7.89. The third-order valence-electron chi connectivity index (χ3n) is 6.27. The summed E-state index contributed by atoms with van der Waals surface area (Å²) in [4.78, 5) is 27.4. The molecule has 1 aromatic carbocycles. The number of fused-ring (bicyclic) bond motifs is 1. The fourth-order valence-corrected chi connectivity index (χ4v) is 7.51. The average molecular weight is 491 g/mol. The molecule has 0 saturated carbocycles. The van der Waals surface area contributed by atoms with Gasteiger partial charge in [0.2, 0.25) is 15.9 Å². The first-order valence-corrected chi connectivity index (χ1v) is 13.8. The zero-order chi connectivity index (χ0) is 23.6. The molecule has 33 heavy (non-hydrogen) atoms. The molecule has 1 fully saturated rings. The van der Waals surface area contributed by atoms with Gasteiger partial charge in [-0.3, -0.25) is 4.79 Å². The minimum atomic E-state index is -3.82. The molecule has 2 aliphatic rings. The van der Waals surface area contributed by atoms with Gasteiger partial charge in [0.25, 0.3) is 0 Å². The van der Waals surface area contributed by atoms with Crippen LogP contribution < -0.4 is 5.32 Å². The number of sulfonamides is 1. The van der Waals surface area contributed by atoms with Crippen LogP contribution in [-0.2, 0) is 32.4 Å². The number of esters is 1. The SMILES string of the molecule is CCOC(=O)c1c(NC(=O)[C@H]2CCCCN2S(=O)(=O)c2ccc(C)cc2)sc2c1CCCC2. The van der Waals surface area contributed by atoms with Gasteiger partial charge < -0.3 is 10.1 Å². The fourth-order valence-electron chi connectivity index (χ4n) is 4.57. The molecule has 2 heterocycles. The van der Waals surface area contributed by atoms with Crippen molar-refractivity contribution in [2.75, 3.05) is 18.5 Å². The Morgan fingerprint density at radius 1 is 1.12 bits per heavy atom. The largest absolute Gasteiger partial charge is 0.462 e. The molecular weight excluding hydrogens is 460 g/mol. The molecule has 0 bridgehead atoms. The molecule has 1 aromatic heterocycles. The summed E-state index contributed by atoms with van der Waals surface area (Å²) in [5.74, 6) is -0.825. The second-order valence-corrected chi connectivity index (χ2v) is 11.6. The van der Waals surface area contributed by atoms with Crippen LogP contribution >= 0.6 is 11.3 Å². The van der Waals surface area contributed by atoms with E-state index in [1.165, 1.54) is 15.6 Å². The lowest BCUT2D eigenvalue weighted by atomic mass is 9.95. The van der Waals surface area contributed by atoms with E-state index in [9.17, 15) is 18.0 Å². The summed E-state index contributed by atoms with van der Waals surface area (Å²) in [6, 6.07) is 5.86. The first kappa shape index (κ1) is 23.9. The maximum Gasteiger partial charge on any atom is 0.341 e. The van der Waals surface area contributed by atoms with Crippen molar-refractivity contribution in [3.63, 3.8) is 0 Å². The fraction of sp³-hybridized carbons (Fsp3) is 0.500. The van der Waals surface area contributed by atoms with Crippen LogP contribution in [0.25, 0.3) is 0 Å². The Morgan fingerprint density at radius 3 is 2.58 bits per heavy atom. The highest BCUT2D eigenvalue weighted by atomic mass is 32.2. The molecular formula is C24H30N2O5S2. The van der Waals surface area contributed by atoms with Crippen molar-refractivity contribution in [1.29, 1.82) is 0 Å². The van der Waals surface area contributed by atoms with Crippen LogP contribution in [-0.4, -0.2) is 43.8 Å². The van der Waals surface area contributed by atoms with Crippen LogP contribution in [0.15, 0.2) is 29.2 Å². The maximum atomic E-state index is 13.4. The average Bonchev–Trinajstić information content (AvgIpc) is 3.17. The van der Waals surface area contributed by atoms with E-state index in [1.807, 2.05) is 6.92 Å². The third-order valence-corrected chi connectivity index (χ3v) is 9.40. The number of nitrogens with zero attached hydrogens (tertiary/aromatic N) is 1. The summed E-state index contributed by atoms with van der Waals surface area (Å²) in [6.45, 7) is 4.20. The van der Waals surface area contributed by atoms with Crippen molar-refractivity contribution in [2.24, 2.45) is 0 Å². The molecule has 1 amide bonds. The highest BCUT2D eigenvalue weighted by Gasteiger charge is 2.38. The number of benzene rings is 1. The molecule has 0 radical (unpaired) electrons. The van der Waals surface area contributed by atoms with Crippen LogP contribution in [0.1, 0.15) is 65.4 Å². The minimum absolute atomic E-state index is 0.187. The topological polar surface area (TPSA) is 92.8 Å². The highest BCUT2D eigenvalue weighted by Crippen LogP contribution is 2.39. The minimum Gasteiger partial charge on any atom is -0.462 e. The molecule has 0 spiro atoms. The van der Waals surface area contributed by atoms with E-state index in [4.69, 9.17) is 4.74 Å². The smallest absolute Gasteiger partial charge is 0.341 e. The van der Waals surface area contributed by atoms with E-state index in [1.54, 1.807) is 31.2 Å². The predicted octanol–water partition coefficient (Wildman–Crippen LogP) is 4.29. The number of carbonyl (C=O) groups excluding carboxylic acids is 2.